The first kappa shape index (κ1) is 17.7. The average Bonchev–Trinajstić information content (AvgIpc) is 2.25. The van der Waals surface area contributed by atoms with Gasteiger partial charge in [0.2, 0.25) is 0 Å². The summed E-state index contributed by atoms with van der Waals surface area (Å²) in [5.74, 6) is 0. The molecular weight excluding hydrogens is 351 g/mol. The van der Waals surface area contributed by atoms with E-state index >= 15 is 0 Å². The number of pyridine rings is 1. The molecule has 0 fully saturated rings. The largest absolute Gasteiger partial charge is 0.374 e. The van der Waals surface area contributed by atoms with Crippen molar-refractivity contribution in [3.05, 3.63) is 18.3 Å². The second-order valence-corrected chi connectivity index (χ2v) is 24.3. The molecule has 1 aromatic rings. The Morgan fingerprint density at radius 2 is 1.58 bits per heavy atom. The van der Waals surface area contributed by atoms with Crippen LogP contribution in [0.15, 0.2) is 18.3 Å². The molecule has 108 valence electrons. The maximum atomic E-state index is 6.23. The Morgan fingerprint density at radius 1 is 1.05 bits per heavy atom. The van der Waals surface area contributed by atoms with E-state index < -0.39 is 22.5 Å². The predicted octanol–water partition coefficient (Wildman–Crippen LogP) is 3.12. The highest BCUT2D eigenvalue weighted by Crippen LogP contribution is 2.21. The maximum Gasteiger partial charge on any atom is 0.374 e. The van der Waals surface area contributed by atoms with Gasteiger partial charge in [-0.2, -0.15) is 0 Å². The molecule has 0 saturated carbocycles. The van der Waals surface area contributed by atoms with Crippen LogP contribution in [0, 0.1) is 0 Å². The fourth-order valence-corrected chi connectivity index (χ4v) is 14.8. The summed E-state index contributed by atoms with van der Waals surface area (Å²) < 4.78 is 2.52. The molecule has 8 heteroatoms. The molecule has 0 aliphatic heterocycles. The Kier molecular flexibility index (Phi) is 5.39. The van der Waals surface area contributed by atoms with E-state index in [1.807, 2.05) is 12.1 Å². The molecule has 1 aromatic heterocycles. The minimum atomic E-state index is -2.91. The molecule has 0 saturated heterocycles. The fraction of sp³-hybridized carbons (Fsp3) is 0.545. The fourth-order valence-electron chi connectivity index (χ4n) is 2.12. The standard InChI is InChI=1S/C11H21Cl3N2Si3/c1-16(17(2,3)4)18(5,6)11-10(19(12,13)14)8-7-9-15-11/h7-9H,1-6H3. The van der Waals surface area contributed by atoms with Crippen LogP contribution >= 0.6 is 33.2 Å². The van der Waals surface area contributed by atoms with Crippen molar-refractivity contribution in [2.24, 2.45) is 0 Å². The highest BCUT2D eigenvalue weighted by atomic mass is 35.8. The summed E-state index contributed by atoms with van der Waals surface area (Å²) >= 11 is 18.7. The minimum absolute atomic E-state index is 0.849. The second kappa shape index (κ2) is 5.79. The normalized spacial score (nSPS) is 14.0. The molecule has 1 heterocycles. The molecule has 0 amide bonds. The summed E-state index contributed by atoms with van der Waals surface area (Å²) in [6.45, 7) is 11.6. The van der Waals surface area contributed by atoms with Crippen LogP contribution in [0.3, 0.4) is 0 Å². The van der Waals surface area contributed by atoms with Gasteiger partial charge in [0.1, 0.15) is 8.24 Å². The van der Waals surface area contributed by atoms with Gasteiger partial charge in [0.15, 0.2) is 8.24 Å². The summed E-state index contributed by atoms with van der Waals surface area (Å²) in [5, 5.41) is 1.87. The monoisotopic (exact) mass is 370 g/mol. The molecule has 0 atom stereocenters. The van der Waals surface area contributed by atoms with Crippen LogP contribution in [0.4, 0.5) is 0 Å². The van der Waals surface area contributed by atoms with Crippen molar-refractivity contribution in [3.63, 3.8) is 0 Å². The molecule has 1 rings (SSSR count). The lowest BCUT2D eigenvalue weighted by Gasteiger charge is -2.42. The second-order valence-electron chi connectivity index (χ2n) is 6.19. The van der Waals surface area contributed by atoms with Gasteiger partial charge >= 0.3 is 6.00 Å². The van der Waals surface area contributed by atoms with Gasteiger partial charge in [-0.15, -0.1) is 33.2 Å². The van der Waals surface area contributed by atoms with E-state index in [1.165, 1.54) is 0 Å². The number of nitrogens with zero attached hydrogens (tertiary/aromatic N) is 2. The molecule has 0 spiro atoms. The van der Waals surface area contributed by atoms with E-state index in [-0.39, 0.29) is 0 Å². The van der Waals surface area contributed by atoms with Gasteiger partial charge in [-0.25, -0.2) is 0 Å². The molecular formula is C11H21Cl3N2Si3. The van der Waals surface area contributed by atoms with E-state index in [0.717, 1.165) is 10.5 Å². The van der Waals surface area contributed by atoms with Gasteiger partial charge < -0.3 is 4.23 Å². The Balaban J connectivity index is 3.38. The van der Waals surface area contributed by atoms with E-state index in [0.29, 0.717) is 0 Å². The molecule has 0 N–H and O–H groups in total. The van der Waals surface area contributed by atoms with Gasteiger partial charge in [-0.3, -0.25) is 4.98 Å². The first-order chi connectivity index (χ1) is 8.38. The number of hydrogen-bond acceptors (Lipinski definition) is 2. The third-order valence-electron chi connectivity index (χ3n) is 3.54. The Hall–Kier alpha value is 0.631. The van der Waals surface area contributed by atoms with Crippen molar-refractivity contribution in [2.45, 2.75) is 32.7 Å². The van der Waals surface area contributed by atoms with Crippen molar-refractivity contribution in [1.29, 1.82) is 0 Å². The molecule has 0 aromatic carbocycles. The maximum absolute atomic E-state index is 6.23. The van der Waals surface area contributed by atoms with Crippen molar-refractivity contribution in [3.8, 4) is 0 Å². The highest BCUT2D eigenvalue weighted by molar-refractivity contribution is 7.69. The smallest absolute Gasteiger partial charge is 0.344 e. The van der Waals surface area contributed by atoms with E-state index in [4.69, 9.17) is 33.2 Å². The molecule has 19 heavy (non-hydrogen) atoms. The van der Waals surface area contributed by atoms with Crippen molar-refractivity contribution in [2.75, 3.05) is 7.05 Å². The lowest BCUT2D eigenvalue weighted by molar-refractivity contribution is 0.764. The highest BCUT2D eigenvalue weighted by Gasteiger charge is 2.43. The number of hydrogen-bond donors (Lipinski definition) is 0. The Bertz CT molecular complexity index is 455. The molecule has 0 aliphatic rings. The zero-order valence-corrected chi connectivity index (χ0v) is 17.5. The molecule has 0 unspecified atom stereocenters. The van der Waals surface area contributed by atoms with Gasteiger partial charge in [0.05, 0.1) is 0 Å². The van der Waals surface area contributed by atoms with Crippen LogP contribution in [-0.2, 0) is 0 Å². The number of aromatic nitrogens is 1. The summed E-state index contributed by atoms with van der Waals surface area (Å²) in [4.78, 5) is 4.58. The van der Waals surface area contributed by atoms with Crippen LogP contribution in [0.1, 0.15) is 0 Å². The summed E-state index contributed by atoms with van der Waals surface area (Å²) in [6.07, 6.45) is 1.80. The third kappa shape index (κ3) is 4.06. The topological polar surface area (TPSA) is 16.1 Å². The lowest BCUT2D eigenvalue weighted by Crippen LogP contribution is -2.69. The molecule has 0 radical (unpaired) electrons. The van der Waals surface area contributed by atoms with E-state index in [9.17, 15) is 0 Å². The minimum Gasteiger partial charge on any atom is -0.344 e. The Labute approximate surface area is 133 Å². The third-order valence-corrected chi connectivity index (χ3v) is 15.6. The van der Waals surface area contributed by atoms with Crippen molar-refractivity contribution < 1.29 is 0 Å². The van der Waals surface area contributed by atoms with Gasteiger partial charge in [-0.1, -0.05) is 38.8 Å². The molecule has 0 aliphatic carbocycles. The van der Waals surface area contributed by atoms with Crippen LogP contribution in [-0.4, -0.2) is 38.7 Å². The van der Waals surface area contributed by atoms with Crippen LogP contribution in [0.5, 0.6) is 0 Å². The SMILES string of the molecule is CN([Si](C)(C)C)[Si](C)(C)c1ncccc1[Si](Cl)(Cl)Cl. The number of rotatable bonds is 4. The zero-order valence-electron chi connectivity index (χ0n) is 12.3. The van der Waals surface area contributed by atoms with Crippen LogP contribution < -0.4 is 10.5 Å². The van der Waals surface area contributed by atoms with Crippen LogP contribution in [0.2, 0.25) is 32.7 Å². The van der Waals surface area contributed by atoms with Gasteiger partial charge in [0.25, 0.3) is 0 Å². The summed E-state index contributed by atoms with van der Waals surface area (Å²) in [5.41, 5.74) is 0. The molecule has 0 bridgehead atoms. The zero-order chi connectivity index (χ0) is 15.1. The lowest BCUT2D eigenvalue weighted by atomic mass is 10.5. The van der Waals surface area contributed by atoms with E-state index in [1.54, 1.807) is 6.20 Å². The van der Waals surface area contributed by atoms with Gasteiger partial charge in [-0.05, 0) is 13.1 Å². The first-order valence-electron chi connectivity index (χ1n) is 6.15. The van der Waals surface area contributed by atoms with Crippen LogP contribution in [0.25, 0.3) is 0 Å². The predicted molar refractivity (Wildman–Crippen MR) is 95.4 cm³/mol. The van der Waals surface area contributed by atoms with E-state index in [2.05, 4.69) is 49.0 Å². The van der Waals surface area contributed by atoms with Crippen molar-refractivity contribution in [1.82, 2.24) is 9.22 Å². The van der Waals surface area contributed by atoms with Crippen molar-refractivity contribution >= 4 is 66.2 Å². The van der Waals surface area contributed by atoms with Gasteiger partial charge in [0, 0.05) is 16.7 Å². The Morgan fingerprint density at radius 3 is 2.00 bits per heavy atom. The summed E-state index contributed by atoms with van der Waals surface area (Å²) in [7, 11) is -1.14. The first-order valence-corrected chi connectivity index (χ1v) is 17.6. The summed E-state index contributed by atoms with van der Waals surface area (Å²) in [6, 6.07) is 0.864. The number of halogens is 3. The average molecular weight is 372 g/mol. The molecule has 2 nitrogen and oxygen atoms in total. The quantitative estimate of drug-likeness (QED) is 0.597.